The van der Waals surface area contributed by atoms with Gasteiger partial charge >= 0.3 is 0 Å². The molecule has 0 bridgehead atoms. The number of aliphatic imine (C=N–C) groups is 1. The predicted molar refractivity (Wildman–Crippen MR) is 192 cm³/mol. The van der Waals surface area contributed by atoms with Gasteiger partial charge in [-0.15, -0.1) is 37.2 Å². The normalized spacial score (nSPS) is 11.3. The molecule has 46 heavy (non-hydrogen) atoms. The summed E-state index contributed by atoms with van der Waals surface area (Å²) in [5, 5.41) is 10.1. The van der Waals surface area contributed by atoms with E-state index in [9.17, 15) is 14.4 Å². The molecule has 2 aromatic carbocycles. The van der Waals surface area contributed by atoms with Gasteiger partial charge in [0.25, 0.3) is 5.91 Å². The lowest BCUT2D eigenvalue weighted by molar-refractivity contribution is 0.0927. The Morgan fingerprint density at radius 1 is 0.739 bits per heavy atom. The lowest BCUT2D eigenvalue weighted by Gasteiger charge is -2.24. The molecule has 15 heteroatoms. The van der Waals surface area contributed by atoms with Crippen molar-refractivity contribution in [2.24, 2.45) is 27.9 Å². The van der Waals surface area contributed by atoms with Crippen molar-refractivity contribution in [3.05, 3.63) is 58.3 Å². The van der Waals surface area contributed by atoms with Crippen molar-refractivity contribution in [3.63, 3.8) is 0 Å². The van der Waals surface area contributed by atoms with E-state index in [1.54, 1.807) is 30.3 Å². The zero-order valence-electron chi connectivity index (χ0n) is 25.7. The highest BCUT2D eigenvalue weighted by Crippen LogP contribution is 2.44. The molecule has 0 aliphatic heterocycles. The van der Waals surface area contributed by atoms with E-state index >= 15 is 0 Å². The summed E-state index contributed by atoms with van der Waals surface area (Å²) in [5.74, 6) is -0.902. The number of benzene rings is 2. The summed E-state index contributed by atoms with van der Waals surface area (Å²) in [6, 6.07) is 8.45. The Balaban J connectivity index is 0.00000353. The molecule has 0 fully saturated rings. The molecule has 0 saturated heterocycles. The van der Waals surface area contributed by atoms with E-state index in [1.165, 1.54) is 0 Å². The van der Waals surface area contributed by atoms with Gasteiger partial charge in [0, 0.05) is 42.7 Å². The fraction of sp³-hybridized carbons (Fsp3) is 0.419. The molecule has 1 amide bonds. The minimum atomic E-state index is -0.428. The third-order valence-electron chi connectivity index (χ3n) is 7.35. The van der Waals surface area contributed by atoms with E-state index in [0.717, 1.165) is 38.5 Å². The molecule has 0 atom stereocenters. The van der Waals surface area contributed by atoms with Crippen LogP contribution in [0.15, 0.2) is 39.7 Å². The molecule has 1 aliphatic rings. The van der Waals surface area contributed by atoms with Crippen molar-refractivity contribution in [2.45, 2.75) is 44.9 Å². The highest BCUT2D eigenvalue weighted by atomic mass is 35.5. The van der Waals surface area contributed by atoms with Gasteiger partial charge < -0.3 is 43.3 Å². The van der Waals surface area contributed by atoms with Gasteiger partial charge in [0.15, 0.2) is 28.9 Å². The first-order valence-electron chi connectivity index (χ1n) is 14.9. The summed E-state index contributed by atoms with van der Waals surface area (Å²) < 4.78 is 6.18. The van der Waals surface area contributed by atoms with Crippen LogP contribution in [0.1, 0.15) is 87.3 Å². The van der Waals surface area contributed by atoms with Crippen LogP contribution in [0, 0.1) is 0 Å². The average Bonchev–Trinajstić information content (AvgIpc) is 3.45. The number of nitrogens with one attached hydrogen (secondary N) is 3. The number of anilines is 2. The maximum Gasteiger partial charge on any atom is 0.287 e. The molecule has 1 aliphatic carbocycles. The van der Waals surface area contributed by atoms with Crippen LogP contribution in [0.2, 0.25) is 0 Å². The van der Waals surface area contributed by atoms with Gasteiger partial charge in [-0.2, -0.15) is 0 Å². The number of halogens is 3. The highest BCUT2D eigenvalue weighted by molar-refractivity contribution is 6.35. The van der Waals surface area contributed by atoms with Gasteiger partial charge in [0.1, 0.15) is 0 Å². The Morgan fingerprint density at radius 2 is 1.28 bits per heavy atom. The minimum Gasteiger partial charge on any atom is -0.449 e. The molecule has 12 nitrogen and oxygen atoms in total. The summed E-state index contributed by atoms with van der Waals surface area (Å²) in [4.78, 5) is 45.1. The summed E-state index contributed by atoms with van der Waals surface area (Å²) >= 11 is 0. The summed E-state index contributed by atoms with van der Waals surface area (Å²) in [6.07, 6.45) is 5.72. The number of amides is 1. The number of nitrogens with two attached hydrogens (primary N) is 4. The molecule has 11 N–H and O–H groups in total. The maximum absolute atomic E-state index is 14.0. The van der Waals surface area contributed by atoms with Crippen molar-refractivity contribution in [1.82, 2.24) is 5.32 Å². The van der Waals surface area contributed by atoms with Crippen LogP contribution in [-0.4, -0.2) is 62.7 Å². The van der Waals surface area contributed by atoms with Gasteiger partial charge in [0.2, 0.25) is 0 Å². The third-order valence-corrected chi connectivity index (χ3v) is 7.35. The summed E-state index contributed by atoms with van der Waals surface area (Å²) in [5.41, 5.74) is 24.5. The molecule has 0 unspecified atom stereocenters. The van der Waals surface area contributed by atoms with E-state index in [2.05, 4.69) is 20.9 Å². The number of carbonyl (C=O) groups is 3. The topological polar surface area (TPSA) is 217 Å². The Hall–Kier alpha value is -3.55. The number of ketones is 2. The van der Waals surface area contributed by atoms with E-state index in [0.29, 0.717) is 79.2 Å². The Morgan fingerprint density at radius 3 is 1.83 bits per heavy atom. The Labute approximate surface area is 287 Å². The van der Waals surface area contributed by atoms with Crippen LogP contribution in [0.25, 0.3) is 11.0 Å². The van der Waals surface area contributed by atoms with Gasteiger partial charge in [-0.25, -0.2) is 0 Å². The molecule has 1 heterocycles. The summed E-state index contributed by atoms with van der Waals surface area (Å²) in [6.45, 7) is 2.97. The van der Waals surface area contributed by atoms with E-state index in [-0.39, 0.29) is 71.6 Å². The number of hydrogen-bond donors (Lipinski definition) is 7. The van der Waals surface area contributed by atoms with E-state index < -0.39 is 5.91 Å². The highest BCUT2D eigenvalue weighted by Gasteiger charge is 2.37. The number of unbranched alkanes of at least 4 members (excludes halogenated alkanes) is 4. The number of rotatable bonds is 17. The first-order chi connectivity index (χ1) is 20.9. The van der Waals surface area contributed by atoms with Crippen LogP contribution in [0.5, 0.6) is 0 Å². The van der Waals surface area contributed by atoms with Crippen LogP contribution >= 0.6 is 37.2 Å². The van der Waals surface area contributed by atoms with Crippen molar-refractivity contribution >= 4 is 83.0 Å². The molecule has 0 saturated carbocycles. The predicted octanol–water partition coefficient (Wildman–Crippen LogP) is 3.95. The summed E-state index contributed by atoms with van der Waals surface area (Å²) in [7, 11) is 0. The lowest BCUT2D eigenvalue weighted by Crippen LogP contribution is -2.26. The zero-order valence-corrected chi connectivity index (χ0v) is 28.1. The Kier molecular flexibility index (Phi) is 17.5. The molecule has 1 aromatic heterocycles. The largest absolute Gasteiger partial charge is 0.449 e. The van der Waals surface area contributed by atoms with Crippen LogP contribution in [-0.2, 0) is 0 Å². The standard InChI is InChI=1S/C31H42N8O4.3ClH/c32-12-5-1-7-14-36-25-21-18-22(30(42)38-16-9-17-39-31(34)35)43-29(21)26(37-15-8-2-6-13-33)24-23(25)27(40)19-10-3-4-11-20(19)28(24)41;;;/h3-4,10-11,18,36-37H,1-2,5-9,12-17,32-33H2,(H,38,42)(H4,34,35,39);3*1H. The van der Waals surface area contributed by atoms with Crippen molar-refractivity contribution in [2.75, 3.05) is 49.9 Å². The molecule has 4 rings (SSSR count). The smallest absolute Gasteiger partial charge is 0.287 e. The average molecular weight is 700 g/mol. The van der Waals surface area contributed by atoms with Crippen molar-refractivity contribution in [1.29, 1.82) is 0 Å². The van der Waals surface area contributed by atoms with Crippen LogP contribution < -0.4 is 38.9 Å². The number of fused-ring (bicyclic) bond motifs is 3. The monoisotopic (exact) mass is 698 g/mol. The van der Waals surface area contributed by atoms with Crippen LogP contribution in [0.3, 0.4) is 0 Å². The second kappa shape index (κ2) is 19.9. The molecule has 0 spiro atoms. The Bertz CT molecular complexity index is 1420. The van der Waals surface area contributed by atoms with E-state index in [4.69, 9.17) is 27.4 Å². The van der Waals surface area contributed by atoms with Gasteiger partial charge in [0.05, 0.1) is 22.5 Å². The van der Waals surface area contributed by atoms with Gasteiger partial charge in [-0.1, -0.05) is 37.1 Å². The van der Waals surface area contributed by atoms with Crippen molar-refractivity contribution < 1.29 is 18.8 Å². The number of guanidine groups is 1. The number of hydrogen-bond acceptors (Lipinski definition) is 9. The zero-order chi connectivity index (χ0) is 30.8. The maximum atomic E-state index is 14.0. The van der Waals surface area contributed by atoms with Crippen molar-refractivity contribution in [3.8, 4) is 0 Å². The second-order valence-electron chi connectivity index (χ2n) is 10.5. The molecule has 0 radical (unpaired) electrons. The first-order valence-corrected chi connectivity index (χ1v) is 14.9. The van der Waals surface area contributed by atoms with Gasteiger partial charge in [-0.05, 0) is 51.3 Å². The number of furan rings is 1. The molecular weight excluding hydrogens is 655 g/mol. The first kappa shape index (κ1) is 40.5. The number of carbonyl (C=O) groups excluding carboxylic acids is 3. The second-order valence-corrected chi connectivity index (χ2v) is 10.5. The SMILES string of the molecule is Cl.Cl.Cl.NCCCCCNc1c2c(c(NCCCCCN)c3oc(C(=O)NCCCN=C(N)N)cc13)C(=O)c1ccccc1C2=O. The quantitative estimate of drug-likeness (QED) is 0.0364. The number of nitrogens with zero attached hydrogens (tertiary/aromatic N) is 1. The van der Waals surface area contributed by atoms with Gasteiger partial charge in [-0.3, -0.25) is 19.4 Å². The third kappa shape index (κ3) is 9.49. The lowest BCUT2D eigenvalue weighted by atomic mass is 9.81. The molecule has 3 aromatic rings. The molecular formula is C31H45Cl3N8O4. The molecule has 254 valence electrons. The fourth-order valence-electron chi connectivity index (χ4n) is 5.22. The fourth-order valence-corrected chi connectivity index (χ4v) is 5.22. The van der Waals surface area contributed by atoms with E-state index in [1.807, 2.05) is 0 Å². The minimum absolute atomic E-state index is 0. The van der Waals surface area contributed by atoms with Crippen LogP contribution in [0.4, 0.5) is 11.4 Å².